The van der Waals surface area contributed by atoms with E-state index in [1.165, 1.54) is 25.3 Å². The molecule has 8 bridgehead atoms. The van der Waals surface area contributed by atoms with Gasteiger partial charge in [0, 0.05) is 62.6 Å². The molecule has 0 atom stereocenters. The van der Waals surface area contributed by atoms with E-state index in [-0.39, 0.29) is 24.8 Å². The summed E-state index contributed by atoms with van der Waals surface area (Å²) in [7, 11) is 2.83. The SMILES string of the molecule is C=Cc1c2[nH]c(c1C)C=c1[nH]c(c(C)c1CCC)=Cc1[nH]c(c(CCC(=O)OC)c1C)C=c1[nH]c(c(C)c1CCC(=O)OC)=C2. The Hall–Kier alpha value is -4.72. The molecule has 0 amide bonds. The van der Waals surface area contributed by atoms with Crippen LogP contribution < -0.4 is 21.4 Å². The summed E-state index contributed by atoms with van der Waals surface area (Å²) < 4.78 is 9.94. The third-order valence-electron chi connectivity index (χ3n) is 9.19. The van der Waals surface area contributed by atoms with E-state index in [2.05, 4.69) is 85.4 Å². The molecule has 0 aromatic carbocycles. The van der Waals surface area contributed by atoms with Crippen molar-refractivity contribution in [2.24, 2.45) is 0 Å². The number of H-pyrrole nitrogens is 4. The third kappa shape index (κ3) is 6.14. The number of carbonyl (C=O) groups is 2. The zero-order valence-electron chi connectivity index (χ0n) is 27.5. The molecule has 0 unspecified atom stereocenters. The second kappa shape index (κ2) is 13.1. The van der Waals surface area contributed by atoms with Crippen LogP contribution in [-0.4, -0.2) is 46.1 Å². The number of aromatic nitrogens is 4. The summed E-state index contributed by atoms with van der Waals surface area (Å²) in [6.45, 7) is 14.8. The predicted molar refractivity (Wildman–Crippen MR) is 180 cm³/mol. The molecule has 5 heterocycles. The van der Waals surface area contributed by atoms with Crippen LogP contribution in [0.1, 0.15) is 93.5 Å². The van der Waals surface area contributed by atoms with Gasteiger partial charge in [-0.1, -0.05) is 26.0 Å². The van der Waals surface area contributed by atoms with Crippen LogP contribution in [0.3, 0.4) is 0 Å². The van der Waals surface area contributed by atoms with Crippen LogP contribution in [-0.2, 0) is 38.3 Å². The molecule has 5 rings (SSSR count). The minimum atomic E-state index is -0.256. The van der Waals surface area contributed by atoms with E-state index in [0.717, 1.165) is 90.4 Å². The number of ether oxygens (including phenoxy) is 2. The van der Waals surface area contributed by atoms with Gasteiger partial charge >= 0.3 is 11.9 Å². The lowest BCUT2D eigenvalue weighted by molar-refractivity contribution is -0.141. The van der Waals surface area contributed by atoms with Gasteiger partial charge in [-0.25, -0.2) is 0 Å². The fraction of sp³-hybridized carbons (Fsp3) is 0.351. The maximum Gasteiger partial charge on any atom is 0.305 e. The Morgan fingerprint density at radius 1 is 0.622 bits per heavy atom. The van der Waals surface area contributed by atoms with Crippen LogP contribution in [0.4, 0.5) is 0 Å². The summed E-state index contributed by atoms with van der Waals surface area (Å²) in [5.41, 5.74) is 12.8. The summed E-state index contributed by atoms with van der Waals surface area (Å²) in [5, 5.41) is 3.98. The van der Waals surface area contributed by atoms with Crippen LogP contribution in [0.25, 0.3) is 30.4 Å². The molecule has 0 spiro atoms. The summed E-state index contributed by atoms with van der Waals surface area (Å²) in [5.74, 6) is -0.506. The van der Waals surface area contributed by atoms with Crippen molar-refractivity contribution in [1.29, 1.82) is 0 Å². The van der Waals surface area contributed by atoms with Gasteiger partial charge in [0.2, 0.25) is 0 Å². The lowest BCUT2D eigenvalue weighted by Crippen LogP contribution is -2.14. The Morgan fingerprint density at radius 2 is 1.09 bits per heavy atom. The first-order valence-corrected chi connectivity index (χ1v) is 15.6. The fourth-order valence-electron chi connectivity index (χ4n) is 6.47. The van der Waals surface area contributed by atoms with Crippen LogP contribution >= 0.6 is 0 Å². The summed E-state index contributed by atoms with van der Waals surface area (Å²) in [6, 6.07) is 0. The number of fused-ring (bicyclic) bond motifs is 8. The Labute approximate surface area is 263 Å². The number of rotatable bonds is 9. The molecule has 4 N–H and O–H groups in total. The standard InChI is InChI=1S/C37H44N4O4/c1-9-11-25-21(4)28-16-29-22(5)26(12-14-36(42)44-7)34(40-29)19-35-27(13-15-37(43)45-8)23(6)31(41-35)17-32-24(10-2)20(3)30(38-32)18-33(25)39-28/h10,16-19,38-41H,2,9,11-15H2,1,3-8H3. The highest BCUT2D eigenvalue weighted by atomic mass is 16.5. The first-order valence-electron chi connectivity index (χ1n) is 15.6. The van der Waals surface area contributed by atoms with E-state index in [1.54, 1.807) is 0 Å². The first-order chi connectivity index (χ1) is 21.6. The summed E-state index contributed by atoms with van der Waals surface area (Å²) >= 11 is 0. The number of hydrogen-bond donors (Lipinski definition) is 4. The minimum absolute atomic E-state index is 0.250. The highest BCUT2D eigenvalue weighted by Gasteiger charge is 2.17. The zero-order valence-corrected chi connectivity index (χ0v) is 27.5. The molecule has 0 saturated carbocycles. The van der Waals surface area contributed by atoms with Gasteiger partial charge in [-0.05, 0) is 110 Å². The van der Waals surface area contributed by atoms with E-state index in [0.29, 0.717) is 12.8 Å². The molecule has 45 heavy (non-hydrogen) atoms. The Bertz CT molecular complexity index is 2040. The Kier molecular flexibility index (Phi) is 9.23. The van der Waals surface area contributed by atoms with Crippen molar-refractivity contribution in [3.8, 4) is 0 Å². The molecule has 0 aliphatic carbocycles. The van der Waals surface area contributed by atoms with E-state index in [4.69, 9.17) is 9.47 Å². The Morgan fingerprint density at radius 3 is 1.64 bits per heavy atom. The van der Waals surface area contributed by atoms with Crippen LogP contribution in [0.15, 0.2) is 6.58 Å². The molecule has 4 aromatic rings. The molecular formula is C37H44N4O4. The normalized spacial score (nSPS) is 12.1. The van der Waals surface area contributed by atoms with Gasteiger partial charge < -0.3 is 29.4 Å². The van der Waals surface area contributed by atoms with Gasteiger partial charge in [0.15, 0.2) is 0 Å². The van der Waals surface area contributed by atoms with Gasteiger partial charge in [0.25, 0.3) is 0 Å². The number of methoxy groups -OCH3 is 2. The van der Waals surface area contributed by atoms with Gasteiger partial charge in [-0.2, -0.15) is 0 Å². The summed E-state index contributed by atoms with van der Waals surface area (Å²) in [6.07, 6.45) is 14.1. The minimum Gasteiger partial charge on any atom is -0.469 e. The number of esters is 2. The molecule has 0 radical (unpaired) electrons. The van der Waals surface area contributed by atoms with Crippen molar-refractivity contribution in [2.75, 3.05) is 14.2 Å². The van der Waals surface area contributed by atoms with Crippen LogP contribution in [0.2, 0.25) is 0 Å². The monoisotopic (exact) mass is 608 g/mol. The molecule has 0 fully saturated rings. The van der Waals surface area contributed by atoms with Crippen molar-refractivity contribution in [3.63, 3.8) is 0 Å². The average molecular weight is 609 g/mol. The second-order valence-electron chi connectivity index (χ2n) is 11.8. The molecule has 8 nitrogen and oxygen atoms in total. The maximum absolute atomic E-state index is 12.2. The Balaban J connectivity index is 1.88. The van der Waals surface area contributed by atoms with Gasteiger partial charge in [-0.3, -0.25) is 9.59 Å². The molecular weight excluding hydrogens is 564 g/mol. The topological polar surface area (TPSA) is 116 Å². The molecule has 236 valence electrons. The smallest absolute Gasteiger partial charge is 0.305 e. The number of aromatic amines is 4. The maximum atomic E-state index is 12.2. The molecule has 1 aliphatic heterocycles. The van der Waals surface area contributed by atoms with E-state index in [1.807, 2.05) is 6.08 Å². The largest absolute Gasteiger partial charge is 0.469 e. The zero-order chi connectivity index (χ0) is 32.4. The van der Waals surface area contributed by atoms with E-state index < -0.39 is 0 Å². The average Bonchev–Trinajstić information content (AvgIpc) is 3.68. The van der Waals surface area contributed by atoms with Gasteiger partial charge in [-0.15, -0.1) is 0 Å². The van der Waals surface area contributed by atoms with E-state index >= 15 is 0 Å². The highest BCUT2D eigenvalue weighted by molar-refractivity contribution is 5.73. The van der Waals surface area contributed by atoms with E-state index in [9.17, 15) is 9.59 Å². The van der Waals surface area contributed by atoms with Gasteiger partial charge in [0.1, 0.15) is 0 Å². The summed E-state index contributed by atoms with van der Waals surface area (Å²) in [4.78, 5) is 39.1. The molecule has 1 aliphatic rings. The van der Waals surface area contributed by atoms with Crippen molar-refractivity contribution in [1.82, 2.24) is 19.9 Å². The van der Waals surface area contributed by atoms with Crippen LogP contribution in [0, 0.1) is 27.7 Å². The van der Waals surface area contributed by atoms with Crippen molar-refractivity contribution in [3.05, 3.63) is 95.3 Å². The van der Waals surface area contributed by atoms with Crippen molar-refractivity contribution >= 4 is 42.3 Å². The van der Waals surface area contributed by atoms with Gasteiger partial charge in [0.05, 0.1) is 14.2 Å². The third-order valence-corrected chi connectivity index (χ3v) is 9.19. The van der Waals surface area contributed by atoms with Crippen LogP contribution in [0.5, 0.6) is 0 Å². The quantitative estimate of drug-likeness (QED) is 0.191. The predicted octanol–water partition coefficient (Wildman–Crippen LogP) is 3.67. The lowest BCUT2D eigenvalue weighted by Gasteiger charge is -2.03. The molecule has 8 heteroatoms. The van der Waals surface area contributed by atoms with Crippen molar-refractivity contribution in [2.45, 2.75) is 73.1 Å². The van der Waals surface area contributed by atoms with Crippen molar-refractivity contribution < 1.29 is 19.1 Å². The lowest BCUT2D eigenvalue weighted by atomic mass is 10.0. The number of carbonyl (C=O) groups excluding carboxylic acids is 2. The number of hydrogen-bond acceptors (Lipinski definition) is 4. The fourth-order valence-corrected chi connectivity index (χ4v) is 6.47. The molecule has 4 aromatic heterocycles. The second-order valence-corrected chi connectivity index (χ2v) is 11.8. The highest BCUT2D eigenvalue weighted by Crippen LogP contribution is 2.24. The number of nitrogens with one attached hydrogen (secondary N) is 4. The molecule has 0 saturated heterocycles. The first kappa shape index (κ1) is 31.7.